The molecule has 0 heterocycles. The van der Waals surface area contributed by atoms with E-state index < -0.39 is 0 Å². The van der Waals surface area contributed by atoms with Crippen LogP contribution in [0.2, 0.25) is 0 Å². The molecule has 0 aliphatic heterocycles. The molecule has 1 aromatic rings. The molecule has 1 aromatic carbocycles. The van der Waals surface area contributed by atoms with Crippen molar-refractivity contribution in [1.82, 2.24) is 0 Å². The van der Waals surface area contributed by atoms with Crippen LogP contribution in [0.3, 0.4) is 0 Å². The van der Waals surface area contributed by atoms with Crippen LogP contribution in [0, 0.1) is 0 Å². The van der Waals surface area contributed by atoms with Crippen molar-refractivity contribution in [3.63, 3.8) is 0 Å². The van der Waals surface area contributed by atoms with Crippen LogP contribution in [0.5, 0.6) is 5.75 Å². The molecule has 0 atom stereocenters. The third kappa shape index (κ3) is 3.59. The van der Waals surface area contributed by atoms with Crippen molar-refractivity contribution in [3.8, 4) is 5.75 Å². The van der Waals surface area contributed by atoms with Crippen molar-refractivity contribution in [1.29, 1.82) is 0 Å². The topological polar surface area (TPSA) is 47.6 Å². The van der Waals surface area contributed by atoms with E-state index in [1.165, 1.54) is 0 Å². The van der Waals surface area contributed by atoms with E-state index in [9.17, 15) is 4.79 Å². The average molecular weight is 209 g/mol. The van der Waals surface area contributed by atoms with Gasteiger partial charge in [-0.15, -0.1) is 0 Å². The maximum absolute atomic E-state index is 11.3. The van der Waals surface area contributed by atoms with Crippen molar-refractivity contribution < 1.29 is 14.3 Å². The van der Waals surface area contributed by atoms with Crippen molar-refractivity contribution in [2.24, 2.45) is 0 Å². The van der Waals surface area contributed by atoms with E-state index in [1.807, 2.05) is 19.1 Å². The summed E-state index contributed by atoms with van der Waals surface area (Å²) in [7, 11) is 1.56. The number of carbonyl (C=O) groups excluding carboxylic acids is 1. The summed E-state index contributed by atoms with van der Waals surface area (Å²) in [5.74, 6) is 0.462. The number of benzene rings is 1. The molecule has 0 fully saturated rings. The fourth-order valence-electron chi connectivity index (χ4n) is 1.13. The Morgan fingerprint density at radius 2 is 2.13 bits per heavy atom. The lowest BCUT2D eigenvalue weighted by Crippen LogP contribution is -2.18. The second-order valence-electron chi connectivity index (χ2n) is 2.89. The summed E-state index contributed by atoms with van der Waals surface area (Å²) in [5.41, 5.74) is 0.657. The van der Waals surface area contributed by atoms with E-state index in [0.717, 1.165) is 0 Å². The molecule has 0 unspecified atom stereocenters. The molecule has 82 valence electrons. The third-order valence-electron chi connectivity index (χ3n) is 1.82. The number of amides is 1. The summed E-state index contributed by atoms with van der Waals surface area (Å²) < 4.78 is 10.1. The van der Waals surface area contributed by atoms with Crippen molar-refractivity contribution in [2.45, 2.75) is 6.92 Å². The van der Waals surface area contributed by atoms with E-state index >= 15 is 0 Å². The molecule has 0 radical (unpaired) electrons. The van der Waals surface area contributed by atoms with Gasteiger partial charge in [-0.3, -0.25) is 4.79 Å². The number of anilines is 1. The second-order valence-corrected chi connectivity index (χ2v) is 2.89. The minimum Gasteiger partial charge on any atom is -0.495 e. The third-order valence-corrected chi connectivity index (χ3v) is 1.82. The van der Waals surface area contributed by atoms with Gasteiger partial charge in [0.25, 0.3) is 0 Å². The molecule has 0 aliphatic carbocycles. The standard InChI is InChI=1S/C11H15NO3/c1-3-15-8-11(13)12-9-6-4-5-7-10(9)14-2/h4-7H,3,8H2,1-2H3,(H,12,13). The Morgan fingerprint density at radius 3 is 2.80 bits per heavy atom. The van der Waals surface area contributed by atoms with Gasteiger partial charge in [0, 0.05) is 6.61 Å². The van der Waals surface area contributed by atoms with Crippen LogP contribution in [-0.2, 0) is 9.53 Å². The monoisotopic (exact) mass is 209 g/mol. The average Bonchev–Trinajstić information content (AvgIpc) is 2.27. The van der Waals surface area contributed by atoms with Gasteiger partial charge in [0.2, 0.25) is 5.91 Å². The first-order valence-corrected chi connectivity index (χ1v) is 4.78. The Morgan fingerprint density at radius 1 is 1.40 bits per heavy atom. The van der Waals surface area contributed by atoms with Gasteiger partial charge in [0.15, 0.2) is 0 Å². The molecule has 15 heavy (non-hydrogen) atoms. The maximum atomic E-state index is 11.3. The highest BCUT2D eigenvalue weighted by Crippen LogP contribution is 2.22. The number of ether oxygens (including phenoxy) is 2. The number of nitrogens with one attached hydrogen (secondary N) is 1. The Kier molecular flexibility index (Phi) is 4.63. The van der Waals surface area contributed by atoms with E-state index in [0.29, 0.717) is 18.0 Å². The van der Waals surface area contributed by atoms with Gasteiger partial charge in [0.05, 0.1) is 12.8 Å². The van der Waals surface area contributed by atoms with E-state index in [2.05, 4.69) is 5.32 Å². The van der Waals surface area contributed by atoms with Gasteiger partial charge < -0.3 is 14.8 Å². The van der Waals surface area contributed by atoms with Crippen LogP contribution < -0.4 is 10.1 Å². The number of rotatable bonds is 5. The van der Waals surface area contributed by atoms with Crippen LogP contribution in [0.25, 0.3) is 0 Å². The molecule has 0 bridgehead atoms. The number of para-hydroxylation sites is 2. The molecule has 0 aromatic heterocycles. The van der Waals surface area contributed by atoms with E-state index in [-0.39, 0.29) is 12.5 Å². The smallest absolute Gasteiger partial charge is 0.250 e. The van der Waals surface area contributed by atoms with Gasteiger partial charge in [-0.1, -0.05) is 12.1 Å². The Balaban J connectivity index is 2.59. The normalized spacial score (nSPS) is 9.73. The van der Waals surface area contributed by atoms with E-state index in [4.69, 9.17) is 9.47 Å². The zero-order valence-electron chi connectivity index (χ0n) is 8.95. The summed E-state index contributed by atoms with van der Waals surface area (Å²) in [6.07, 6.45) is 0. The molecular formula is C11H15NO3. The molecule has 4 heteroatoms. The predicted molar refractivity (Wildman–Crippen MR) is 58.1 cm³/mol. The van der Waals surface area contributed by atoms with Gasteiger partial charge in [-0.05, 0) is 19.1 Å². The molecule has 1 N–H and O–H groups in total. The summed E-state index contributed by atoms with van der Waals surface area (Å²) in [6, 6.07) is 7.24. The molecule has 4 nitrogen and oxygen atoms in total. The first kappa shape index (κ1) is 11.5. The molecule has 1 rings (SSSR count). The SMILES string of the molecule is CCOCC(=O)Nc1ccccc1OC. The minimum atomic E-state index is -0.179. The zero-order valence-corrected chi connectivity index (χ0v) is 8.95. The summed E-state index contributed by atoms with van der Waals surface area (Å²) in [4.78, 5) is 11.3. The lowest BCUT2D eigenvalue weighted by atomic mass is 10.3. The first-order chi connectivity index (χ1) is 7.27. The van der Waals surface area contributed by atoms with E-state index in [1.54, 1.807) is 19.2 Å². The maximum Gasteiger partial charge on any atom is 0.250 e. The summed E-state index contributed by atoms with van der Waals surface area (Å²) in [5, 5.41) is 2.71. The number of methoxy groups -OCH3 is 1. The van der Waals surface area contributed by atoms with Crippen LogP contribution in [0.4, 0.5) is 5.69 Å². The first-order valence-electron chi connectivity index (χ1n) is 4.78. The van der Waals surface area contributed by atoms with Crippen LogP contribution in [0.1, 0.15) is 6.92 Å². The quantitative estimate of drug-likeness (QED) is 0.802. The second kappa shape index (κ2) is 6.03. The van der Waals surface area contributed by atoms with Crippen LogP contribution in [0.15, 0.2) is 24.3 Å². The van der Waals surface area contributed by atoms with Crippen LogP contribution >= 0.6 is 0 Å². The van der Waals surface area contributed by atoms with Gasteiger partial charge in [-0.2, -0.15) is 0 Å². The Bertz CT molecular complexity index is 325. The fourth-order valence-corrected chi connectivity index (χ4v) is 1.13. The Labute approximate surface area is 89.2 Å². The summed E-state index contributed by atoms with van der Waals surface area (Å²) in [6.45, 7) is 2.43. The lowest BCUT2D eigenvalue weighted by molar-refractivity contribution is -0.120. The molecule has 0 spiro atoms. The van der Waals surface area contributed by atoms with Gasteiger partial charge in [-0.25, -0.2) is 0 Å². The zero-order chi connectivity index (χ0) is 11.1. The number of hydrogen-bond acceptors (Lipinski definition) is 3. The molecule has 1 amide bonds. The van der Waals surface area contributed by atoms with Crippen molar-refractivity contribution >= 4 is 11.6 Å². The number of hydrogen-bond donors (Lipinski definition) is 1. The molecule has 0 saturated carbocycles. The minimum absolute atomic E-state index is 0.0640. The largest absolute Gasteiger partial charge is 0.495 e. The summed E-state index contributed by atoms with van der Waals surface area (Å²) >= 11 is 0. The van der Waals surface area contributed by atoms with Crippen molar-refractivity contribution in [2.75, 3.05) is 25.6 Å². The highest BCUT2D eigenvalue weighted by Gasteiger charge is 2.05. The Hall–Kier alpha value is -1.55. The lowest BCUT2D eigenvalue weighted by Gasteiger charge is -2.09. The highest BCUT2D eigenvalue weighted by atomic mass is 16.5. The van der Waals surface area contributed by atoms with Gasteiger partial charge in [0.1, 0.15) is 12.4 Å². The van der Waals surface area contributed by atoms with Crippen LogP contribution in [-0.4, -0.2) is 26.2 Å². The predicted octanol–water partition coefficient (Wildman–Crippen LogP) is 1.67. The molecule has 0 aliphatic rings. The van der Waals surface area contributed by atoms with Crippen molar-refractivity contribution in [3.05, 3.63) is 24.3 Å². The fraction of sp³-hybridized carbons (Fsp3) is 0.364. The molecule has 0 saturated heterocycles. The van der Waals surface area contributed by atoms with Gasteiger partial charge >= 0.3 is 0 Å². The molecular weight excluding hydrogens is 194 g/mol. The number of carbonyl (C=O) groups is 1. The highest BCUT2D eigenvalue weighted by molar-refractivity contribution is 5.93.